The lowest BCUT2D eigenvalue weighted by Gasteiger charge is -2.19. The van der Waals surface area contributed by atoms with Gasteiger partial charge < -0.3 is 9.88 Å². The quantitative estimate of drug-likeness (QED) is 0.798. The summed E-state index contributed by atoms with van der Waals surface area (Å²) in [5.41, 5.74) is 1.13. The van der Waals surface area contributed by atoms with E-state index in [2.05, 4.69) is 19.2 Å². The highest BCUT2D eigenvalue weighted by Crippen LogP contribution is 1.99. The van der Waals surface area contributed by atoms with E-state index in [1.807, 2.05) is 23.6 Å². The first-order chi connectivity index (χ1) is 7.69. The van der Waals surface area contributed by atoms with Crippen LogP contribution in [0.25, 0.3) is 0 Å². The molecule has 0 aromatic carbocycles. The summed E-state index contributed by atoms with van der Waals surface area (Å²) in [6, 6.07) is 5.81. The van der Waals surface area contributed by atoms with Crippen LogP contribution >= 0.6 is 0 Å². The van der Waals surface area contributed by atoms with Crippen molar-refractivity contribution in [2.45, 2.75) is 46.2 Å². The van der Waals surface area contributed by atoms with Crippen molar-refractivity contribution in [1.29, 1.82) is 0 Å². The van der Waals surface area contributed by atoms with Crippen molar-refractivity contribution in [3.63, 3.8) is 0 Å². The topological polar surface area (TPSA) is 34.0 Å². The molecule has 1 unspecified atom stereocenters. The Bertz CT molecular complexity index is 370. The third-order valence-corrected chi connectivity index (χ3v) is 2.85. The predicted octanol–water partition coefficient (Wildman–Crippen LogP) is 1.93. The van der Waals surface area contributed by atoms with Gasteiger partial charge in [0.05, 0.1) is 0 Å². The molecule has 0 radical (unpaired) electrons. The summed E-state index contributed by atoms with van der Waals surface area (Å²) in [7, 11) is 0. The highest BCUT2D eigenvalue weighted by molar-refractivity contribution is 5.04. The Hall–Kier alpha value is -1.09. The van der Waals surface area contributed by atoms with Gasteiger partial charge in [0.2, 0.25) is 0 Å². The van der Waals surface area contributed by atoms with E-state index in [9.17, 15) is 4.79 Å². The normalized spacial score (nSPS) is 12.7. The maximum atomic E-state index is 11.7. The van der Waals surface area contributed by atoms with Crippen LogP contribution in [0.15, 0.2) is 23.0 Å². The molecule has 0 amide bonds. The minimum atomic E-state index is 0.0942. The number of nitrogens with one attached hydrogen (secondary N) is 1. The molecule has 0 aliphatic carbocycles. The Morgan fingerprint density at radius 3 is 2.69 bits per heavy atom. The number of aromatic nitrogens is 1. The van der Waals surface area contributed by atoms with E-state index in [-0.39, 0.29) is 5.56 Å². The van der Waals surface area contributed by atoms with Gasteiger partial charge in [0.1, 0.15) is 0 Å². The van der Waals surface area contributed by atoms with Gasteiger partial charge in [0.25, 0.3) is 5.56 Å². The maximum absolute atomic E-state index is 11.7. The Morgan fingerprint density at radius 2 is 2.12 bits per heavy atom. The van der Waals surface area contributed by atoms with Crippen molar-refractivity contribution in [3.8, 4) is 0 Å². The molecule has 0 fully saturated rings. The van der Waals surface area contributed by atoms with E-state index in [1.165, 1.54) is 0 Å². The van der Waals surface area contributed by atoms with E-state index in [1.54, 1.807) is 6.07 Å². The van der Waals surface area contributed by atoms with Crippen LogP contribution in [0.5, 0.6) is 0 Å². The van der Waals surface area contributed by atoms with Gasteiger partial charge in [-0.15, -0.1) is 0 Å². The summed E-state index contributed by atoms with van der Waals surface area (Å²) in [6.45, 7) is 8.06. The third kappa shape index (κ3) is 3.49. The van der Waals surface area contributed by atoms with Crippen LogP contribution in [0.1, 0.15) is 32.4 Å². The second-order valence-corrected chi connectivity index (χ2v) is 4.18. The molecule has 1 N–H and O–H groups in total. The monoisotopic (exact) mass is 222 g/mol. The van der Waals surface area contributed by atoms with Crippen molar-refractivity contribution in [2.24, 2.45) is 0 Å². The molecule has 90 valence electrons. The smallest absolute Gasteiger partial charge is 0.250 e. The second-order valence-electron chi connectivity index (χ2n) is 4.18. The molecule has 0 saturated carbocycles. The summed E-state index contributed by atoms with van der Waals surface area (Å²) >= 11 is 0. The van der Waals surface area contributed by atoms with Crippen LogP contribution in [0.2, 0.25) is 0 Å². The van der Waals surface area contributed by atoms with Gasteiger partial charge in [0, 0.05) is 24.3 Å². The molecule has 0 aliphatic rings. The fourth-order valence-corrected chi connectivity index (χ4v) is 1.76. The van der Waals surface area contributed by atoms with E-state index in [4.69, 9.17) is 0 Å². The first-order valence-electron chi connectivity index (χ1n) is 6.08. The fraction of sp³-hybridized carbons (Fsp3) is 0.615. The molecule has 1 aromatic rings. The molecule has 0 bridgehead atoms. The highest BCUT2D eigenvalue weighted by atomic mass is 16.1. The van der Waals surface area contributed by atoms with Crippen molar-refractivity contribution >= 4 is 0 Å². The predicted molar refractivity (Wildman–Crippen MR) is 67.8 cm³/mol. The van der Waals surface area contributed by atoms with Crippen LogP contribution in [0.3, 0.4) is 0 Å². The van der Waals surface area contributed by atoms with Crippen molar-refractivity contribution in [3.05, 3.63) is 34.2 Å². The lowest BCUT2D eigenvalue weighted by atomic mass is 10.2. The number of aryl methyl sites for hydroxylation is 1. The van der Waals surface area contributed by atoms with Crippen LogP contribution in [-0.2, 0) is 6.54 Å². The largest absolute Gasteiger partial charge is 0.312 e. The maximum Gasteiger partial charge on any atom is 0.250 e. The number of hydrogen-bond acceptors (Lipinski definition) is 2. The van der Waals surface area contributed by atoms with Crippen LogP contribution < -0.4 is 10.9 Å². The molecular weight excluding hydrogens is 200 g/mol. The summed E-state index contributed by atoms with van der Waals surface area (Å²) in [6.07, 6.45) is 2.17. The molecule has 1 aromatic heterocycles. The zero-order chi connectivity index (χ0) is 12.0. The Labute approximate surface area is 97.5 Å². The summed E-state index contributed by atoms with van der Waals surface area (Å²) in [5.74, 6) is 0. The summed E-state index contributed by atoms with van der Waals surface area (Å²) in [5, 5.41) is 3.46. The van der Waals surface area contributed by atoms with E-state index >= 15 is 0 Å². The number of rotatable bonds is 6. The Kier molecular flexibility index (Phi) is 5.26. The number of nitrogens with zero attached hydrogens (tertiary/aromatic N) is 1. The Balaban J connectivity index is 2.73. The zero-order valence-electron chi connectivity index (χ0n) is 10.5. The molecule has 1 heterocycles. The average Bonchev–Trinajstić information content (AvgIpc) is 2.28. The first-order valence-corrected chi connectivity index (χ1v) is 6.08. The minimum Gasteiger partial charge on any atom is -0.312 e. The fourth-order valence-electron chi connectivity index (χ4n) is 1.76. The molecule has 3 nitrogen and oxygen atoms in total. The molecular formula is C13H22N2O. The van der Waals surface area contributed by atoms with Crippen LogP contribution in [0.4, 0.5) is 0 Å². The third-order valence-electron chi connectivity index (χ3n) is 2.85. The second kappa shape index (κ2) is 6.48. The zero-order valence-corrected chi connectivity index (χ0v) is 10.5. The molecule has 3 heteroatoms. The van der Waals surface area contributed by atoms with Gasteiger partial charge in [-0.2, -0.15) is 0 Å². The standard InChI is InChI=1S/C13H22N2O/c1-4-9-14-12(5-2)10-15-11(3)7-6-8-13(15)16/h6-8,12,14H,4-5,9-10H2,1-3H3. The number of hydrogen-bond donors (Lipinski definition) is 1. The molecule has 0 aliphatic heterocycles. The van der Waals surface area contributed by atoms with E-state index in [0.717, 1.165) is 31.6 Å². The molecule has 0 spiro atoms. The molecule has 0 saturated heterocycles. The SMILES string of the molecule is CCCNC(CC)Cn1c(C)cccc1=O. The van der Waals surface area contributed by atoms with Gasteiger partial charge in [-0.05, 0) is 32.4 Å². The Morgan fingerprint density at radius 1 is 1.38 bits per heavy atom. The summed E-state index contributed by atoms with van der Waals surface area (Å²) in [4.78, 5) is 11.7. The molecule has 16 heavy (non-hydrogen) atoms. The minimum absolute atomic E-state index is 0.0942. The highest BCUT2D eigenvalue weighted by Gasteiger charge is 2.08. The van der Waals surface area contributed by atoms with Crippen molar-refractivity contribution < 1.29 is 0 Å². The molecule has 1 rings (SSSR count). The van der Waals surface area contributed by atoms with Gasteiger partial charge in [-0.1, -0.05) is 19.9 Å². The summed E-state index contributed by atoms with van der Waals surface area (Å²) < 4.78 is 1.84. The molecule has 1 atom stereocenters. The van der Waals surface area contributed by atoms with E-state index < -0.39 is 0 Å². The van der Waals surface area contributed by atoms with Crippen LogP contribution in [0, 0.1) is 6.92 Å². The lowest BCUT2D eigenvalue weighted by Crippen LogP contribution is -2.37. The van der Waals surface area contributed by atoms with Crippen molar-refractivity contribution in [2.75, 3.05) is 6.54 Å². The van der Waals surface area contributed by atoms with Gasteiger partial charge >= 0.3 is 0 Å². The van der Waals surface area contributed by atoms with Gasteiger partial charge in [-0.25, -0.2) is 0 Å². The van der Waals surface area contributed by atoms with Gasteiger partial charge in [-0.3, -0.25) is 4.79 Å². The lowest BCUT2D eigenvalue weighted by molar-refractivity contribution is 0.427. The van der Waals surface area contributed by atoms with Crippen LogP contribution in [-0.4, -0.2) is 17.2 Å². The van der Waals surface area contributed by atoms with Gasteiger partial charge in [0.15, 0.2) is 0 Å². The number of pyridine rings is 1. The average molecular weight is 222 g/mol. The first kappa shape index (κ1) is 13.0. The van der Waals surface area contributed by atoms with Crippen molar-refractivity contribution in [1.82, 2.24) is 9.88 Å². The van der Waals surface area contributed by atoms with E-state index in [0.29, 0.717) is 6.04 Å².